The number of fused-ring (bicyclic) bond motifs is 1. The summed E-state index contributed by atoms with van der Waals surface area (Å²) in [6.45, 7) is 7.65. The Hall–Kier alpha value is -2.57. The molecule has 7 heteroatoms. The number of esters is 1. The van der Waals surface area contributed by atoms with Crippen molar-refractivity contribution in [3.05, 3.63) is 29.6 Å². The molecule has 0 saturated carbocycles. The Morgan fingerprint density at radius 1 is 1.29 bits per heavy atom. The number of nitrogens with one attached hydrogen (secondary N) is 1. The number of aryl methyl sites for hydroxylation is 1. The molecule has 7 nitrogen and oxygen atoms in total. The van der Waals surface area contributed by atoms with Gasteiger partial charge in [0.1, 0.15) is 16.9 Å². The molecule has 0 radical (unpaired) electrons. The smallest absolute Gasteiger partial charge is 0.408 e. The van der Waals surface area contributed by atoms with Crippen LogP contribution in [0.1, 0.15) is 43.9 Å². The Kier molecular flexibility index (Phi) is 5.11. The first-order chi connectivity index (χ1) is 11.2. The van der Waals surface area contributed by atoms with E-state index in [2.05, 4.69) is 10.3 Å². The Morgan fingerprint density at radius 2 is 2.00 bits per heavy atom. The molecule has 0 unspecified atom stereocenters. The van der Waals surface area contributed by atoms with Crippen LogP contribution in [-0.4, -0.2) is 33.8 Å². The summed E-state index contributed by atoms with van der Waals surface area (Å²) in [4.78, 5) is 28.3. The second-order valence-corrected chi connectivity index (χ2v) is 6.34. The van der Waals surface area contributed by atoms with E-state index >= 15 is 0 Å². The minimum atomic E-state index is -0.562. The first-order valence-electron chi connectivity index (χ1n) is 7.81. The summed E-state index contributed by atoms with van der Waals surface area (Å²) in [5.41, 5.74) is 1.20. The molecule has 130 valence electrons. The van der Waals surface area contributed by atoms with Gasteiger partial charge in [0.25, 0.3) is 0 Å². The number of alkyl carbamates (subject to hydrolysis) is 1. The van der Waals surface area contributed by atoms with Crippen LogP contribution in [0.3, 0.4) is 0 Å². The fourth-order valence-electron chi connectivity index (χ4n) is 2.26. The van der Waals surface area contributed by atoms with Crippen LogP contribution < -0.4 is 5.32 Å². The number of para-hydroxylation sites is 1. The van der Waals surface area contributed by atoms with Crippen LogP contribution in [0.15, 0.2) is 18.2 Å². The van der Waals surface area contributed by atoms with E-state index in [1.54, 1.807) is 39.8 Å². The lowest BCUT2D eigenvalue weighted by Gasteiger charge is -2.19. The highest BCUT2D eigenvalue weighted by atomic mass is 16.6. The number of ether oxygens (including phenoxy) is 2. The van der Waals surface area contributed by atoms with Gasteiger partial charge in [0.15, 0.2) is 0 Å². The van der Waals surface area contributed by atoms with Gasteiger partial charge in [0.05, 0.1) is 24.2 Å². The van der Waals surface area contributed by atoms with E-state index in [9.17, 15) is 9.59 Å². The van der Waals surface area contributed by atoms with E-state index in [0.29, 0.717) is 23.5 Å². The van der Waals surface area contributed by atoms with Crippen molar-refractivity contribution in [2.24, 2.45) is 7.05 Å². The van der Waals surface area contributed by atoms with E-state index in [-0.39, 0.29) is 6.54 Å². The highest BCUT2D eigenvalue weighted by molar-refractivity contribution is 6.02. The van der Waals surface area contributed by atoms with Gasteiger partial charge >= 0.3 is 12.1 Å². The maximum Gasteiger partial charge on any atom is 0.408 e. The van der Waals surface area contributed by atoms with Gasteiger partial charge in [-0.2, -0.15) is 0 Å². The number of hydrogen-bond donors (Lipinski definition) is 1. The van der Waals surface area contributed by atoms with E-state index in [1.165, 1.54) is 0 Å². The molecule has 1 N–H and O–H groups in total. The van der Waals surface area contributed by atoms with Gasteiger partial charge in [-0.05, 0) is 39.8 Å². The van der Waals surface area contributed by atoms with Crippen LogP contribution in [0.2, 0.25) is 0 Å². The zero-order valence-electron chi connectivity index (χ0n) is 14.7. The Labute approximate surface area is 141 Å². The molecular formula is C17H23N3O4. The molecule has 0 aliphatic carbocycles. The number of hydrogen-bond acceptors (Lipinski definition) is 5. The van der Waals surface area contributed by atoms with Gasteiger partial charge in [-0.15, -0.1) is 0 Å². The molecule has 1 aromatic carbocycles. The van der Waals surface area contributed by atoms with E-state index in [0.717, 1.165) is 5.52 Å². The molecule has 0 atom stereocenters. The van der Waals surface area contributed by atoms with E-state index in [1.807, 2.05) is 17.7 Å². The molecule has 0 bridgehead atoms. The van der Waals surface area contributed by atoms with Gasteiger partial charge in [-0.3, -0.25) is 0 Å². The van der Waals surface area contributed by atoms with Gasteiger partial charge in [-0.1, -0.05) is 6.07 Å². The number of rotatable bonds is 4. The molecule has 1 aromatic heterocycles. The van der Waals surface area contributed by atoms with Gasteiger partial charge in [-0.25, -0.2) is 14.6 Å². The number of carbonyl (C=O) groups is 2. The lowest BCUT2D eigenvalue weighted by atomic mass is 10.2. The molecule has 1 heterocycles. The summed E-state index contributed by atoms with van der Waals surface area (Å²) in [5.74, 6) is 0.209. The normalized spacial score (nSPS) is 11.4. The first-order valence-corrected chi connectivity index (χ1v) is 7.81. The van der Waals surface area contributed by atoms with Gasteiger partial charge < -0.3 is 19.4 Å². The SMILES string of the molecule is CCOC(=O)c1cccc2c1nc(CNC(=O)OC(C)(C)C)n2C. The van der Waals surface area contributed by atoms with Crippen molar-refractivity contribution in [1.82, 2.24) is 14.9 Å². The molecule has 0 aliphatic heterocycles. The largest absolute Gasteiger partial charge is 0.462 e. The molecule has 0 saturated heterocycles. The zero-order chi connectivity index (χ0) is 17.9. The first kappa shape index (κ1) is 17.8. The third-order valence-electron chi connectivity index (χ3n) is 3.29. The minimum Gasteiger partial charge on any atom is -0.462 e. The highest BCUT2D eigenvalue weighted by Gasteiger charge is 2.19. The Bertz CT molecular complexity index is 759. The summed E-state index contributed by atoms with van der Waals surface area (Å²) in [6, 6.07) is 5.32. The highest BCUT2D eigenvalue weighted by Crippen LogP contribution is 2.20. The lowest BCUT2D eigenvalue weighted by Crippen LogP contribution is -2.32. The maximum absolute atomic E-state index is 12.0. The average Bonchev–Trinajstić information content (AvgIpc) is 2.80. The Balaban J connectivity index is 2.23. The monoisotopic (exact) mass is 333 g/mol. The zero-order valence-corrected chi connectivity index (χ0v) is 14.7. The number of amides is 1. The predicted octanol–water partition coefficient (Wildman–Crippen LogP) is 2.77. The summed E-state index contributed by atoms with van der Waals surface area (Å²) in [7, 11) is 1.83. The molecule has 2 aromatic rings. The lowest BCUT2D eigenvalue weighted by molar-refractivity contribution is 0.0513. The van der Waals surface area contributed by atoms with E-state index in [4.69, 9.17) is 9.47 Å². The van der Waals surface area contributed by atoms with Crippen LogP contribution in [0.4, 0.5) is 4.79 Å². The van der Waals surface area contributed by atoms with Crippen LogP contribution in [-0.2, 0) is 23.1 Å². The topological polar surface area (TPSA) is 82.4 Å². The quantitative estimate of drug-likeness (QED) is 0.870. The minimum absolute atomic E-state index is 0.197. The van der Waals surface area contributed by atoms with Crippen molar-refractivity contribution < 1.29 is 19.1 Å². The van der Waals surface area contributed by atoms with Gasteiger partial charge in [0, 0.05) is 7.05 Å². The van der Waals surface area contributed by atoms with Crippen molar-refractivity contribution in [2.45, 2.75) is 39.8 Å². The van der Waals surface area contributed by atoms with Crippen LogP contribution in [0.5, 0.6) is 0 Å². The summed E-state index contributed by atoms with van der Waals surface area (Å²) in [5, 5.41) is 2.67. The van der Waals surface area contributed by atoms with E-state index < -0.39 is 17.7 Å². The van der Waals surface area contributed by atoms with Gasteiger partial charge in [0.2, 0.25) is 0 Å². The molecule has 2 rings (SSSR count). The number of carbonyl (C=O) groups excluding carboxylic acids is 2. The standard InChI is InChI=1S/C17H23N3O4/c1-6-23-15(21)11-8-7-9-12-14(11)19-13(20(12)5)10-18-16(22)24-17(2,3)4/h7-9H,6,10H2,1-5H3,(H,18,22). The second-order valence-electron chi connectivity index (χ2n) is 6.34. The third-order valence-corrected chi connectivity index (χ3v) is 3.29. The number of benzene rings is 1. The van der Waals surface area contributed by atoms with Crippen molar-refractivity contribution in [3.8, 4) is 0 Å². The summed E-state index contributed by atoms with van der Waals surface area (Å²) >= 11 is 0. The van der Waals surface area contributed by atoms with Crippen LogP contribution >= 0.6 is 0 Å². The number of aromatic nitrogens is 2. The predicted molar refractivity (Wildman–Crippen MR) is 89.7 cm³/mol. The molecule has 0 fully saturated rings. The molecule has 24 heavy (non-hydrogen) atoms. The second kappa shape index (κ2) is 6.90. The molecule has 1 amide bonds. The molecular weight excluding hydrogens is 310 g/mol. The number of imidazole rings is 1. The fourth-order valence-corrected chi connectivity index (χ4v) is 2.26. The van der Waals surface area contributed by atoms with Crippen molar-refractivity contribution in [1.29, 1.82) is 0 Å². The number of nitrogens with zero attached hydrogens (tertiary/aromatic N) is 2. The maximum atomic E-state index is 12.0. The Morgan fingerprint density at radius 3 is 2.62 bits per heavy atom. The van der Waals surface area contributed by atoms with Crippen molar-refractivity contribution >= 4 is 23.1 Å². The molecule has 0 spiro atoms. The third kappa shape index (κ3) is 4.04. The van der Waals surface area contributed by atoms with Crippen LogP contribution in [0.25, 0.3) is 11.0 Å². The summed E-state index contributed by atoms with van der Waals surface area (Å²) in [6.07, 6.45) is -0.514. The molecule has 0 aliphatic rings. The average molecular weight is 333 g/mol. The van der Waals surface area contributed by atoms with Crippen molar-refractivity contribution in [2.75, 3.05) is 6.61 Å². The van der Waals surface area contributed by atoms with Crippen molar-refractivity contribution in [3.63, 3.8) is 0 Å². The fraction of sp³-hybridized carbons (Fsp3) is 0.471. The summed E-state index contributed by atoms with van der Waals surface area (Å²) < 4.78 is 12.1. The van der Waals surface area contributed by atoms with Crippen LogP contribution in [0, 0.1) is 0 Å².